The quantitative estimate of drug-likeness (QED) is 0.597. The number of Topliss-reactive ketones (excluding diaryl/α,β-unsaturated/α-hetero) is 1. The number of benzene rings is 2. The van der Waals surface area contributed by atoms with Gasteiger partial charge < -0.3 is 24.8 Å². The van der Waals surface area contributed by atoms with Gasteiger partial charge in [0.25, 0.3) is 0 Å². The number of anilines is 2. The van der Waals surface area contributed by atoms with Gasteiger partial charge in [-0.15, -0.1) is 0 Å². The number of fused-ring (bicyclic) bond motifs is 1. The van der Waals surface area contributed by atoms with Gasteiger partial charge in [0, 0.05) is 23.8 Å². The monoisotopic (exact) mass is 448 g/mol. The Hall–Kier alpha value is -4.01. The second kappa shape index (κ2) is 8.50. The maximum Gasteiger partial charge on any atom is 0.219 e. The number of carbonyl (C=O) groups excluding carboxylic acids is 1. The van der Waals surface area contributed by atoms with Crippen molar-refractivity contribution in [2.45, 2.75) is 24.8 Å². The summed E-state index contributed by atoms with van der Waals surface area (Å²) in [5.74, 6) is 2.99. The SMILES string of the molecule is COc1ccc(C2CC(=O)C3=C(C2)Nc2nonc2NC3c2cc(OC)cc(OC)c2)cc1. The number of rotatable bonds is 5. The lowest BCUT2D eigenvalue weighted by Gasteiger charge is -2.30. The summed E-state index contributed by atoms with van der Waals surface area (Å²) in [5.41, 5.74) is 3.33. The minimum Gasteiger partial charge on any atom is -0.497 e. The number of allylic oxidation sites excluding steroid dienone is 1. The molecule has 1 aliphatic carbocycles. The first-order valence-corrected chi connectivity index (χ1v) is 10.6. The van der Waals surface area contributed by atoms with Gasteiger partial charge >= 0.3 is 0 Å². The Labute approximate surface area is 190 Å². The standard InChI is InChI=1S/C24H24N4O5/c1-30-16-6-4-13(5-7-16)14-10-19-21(20(29)11-14)22(26-24-23(25-19)27-33-28-24)15-8-17(31-2)12-18(9-15)32-3/h4-9,12,14,22H,10-11H2,1-3H3,(H,25,27)(H,26,28). The van der Waals surface area contributed by atoms with Crippen molar-refractivity contribution >= 4 is 17.4 Å². The molecule has 2 heterocycles. The van der Waals surface area contributed by atoms with Gasteiger partial charge in [-0.1, -0.05) is 12.1 Å². The molecule has 2 aromatic carbocycles. The van der Waals surface area contributed by atoms with Crippen molar-refractivity contribution in [1.82, 2.24) is 10.3 Å². The number of nitrogens with one attached hydrogen (secondary N) is 2. The Morgan fingerprint density at radius 2 is 1.52 bits per heavy atom. The molecular weight excluding hydrogens is 424 g/mol. The number of ether oxygens (including phenoxy) is 3. The Morgan fingerprint density at radius 1 is 0.848 bits per heavy atom. The summed E-state index contributed by atoms with van der Waals surface area (Å²) >= 11 is 0. The molecule has 9 nitrogen and oxygen atoms in total. The second-order valence-corrected chi connectivity index (χ2v) is 8.00. The van der Waals surface area contributed by atoms with E-state index in [4.69, 9.17) is 18.8 Å². The highest BCUT2D eigenvalue weighted by molar-refractivity contribution is 6.00. The minimum atomic E-state index is -0.478. The predicted molar refractivity (Wildman–Crippen MR) is 121 cm³/mol. The molecular formula is C24H24N4O5. The zero-order valence-electron chi connectivity index (χ0n) is 18.5. The van der Waals surface area contributed by atoms with E-state index in [-0.39, 0.29) is 11.7 Å². The van der Waals surface area contributed by atoms with Crippen LogP contribution >= 0.6 is 0 Å². The van der Waals surface area contributed by atoms with Gasteiger partial charge in [-0.25, -0.2) is 4.63 Å². The molecule has 1 aromatic heterocycles. The second-order valence-electron chi connectivity index (χ2n) is 8.00. The smallest absolute Gasteiger partial charge is 0.219 e. The summed E-state index contributed by atoms with van der Waals surface area (Å²) < 4.78 is 21.1. The fourth-order valence-electron chi connectivity index (χ4n) is 4.46. The third-order valence-corrected chi connectivity index (χ3v) is 6.13. The van der Waals surface area contributed by atoms with Crippen molar-refractivity contribution in [3.63, 3.8) is 0 Å². The summed E-state index contributed by atoms with van der Waals surface area (Å²) in [6, 6.07) is 12.9. The average molecular weight is 448 g/mol. The lowest BCUT2D eigenvalue weighted by molar-refractivity contribution is -0.116. The topological polar surface area (TPSA) is 108 Å². The van der Waals surface area contributed by atoms with Crippen molar-refractivity contribution < 1.29 is 23.6 Å². The van der Waals surface area contributed by atoms with E-state index in [0.29, 0.717) is 41.5 Å². The summed E-state index contributed by atoms with van der Waals surface area (Å²) in [4.78, 5) is 13.6. The van der Waals surface area contributed by atoms with Crippen LogP contribution in [0.4, 0.5) is 11.6 Å². The number of hydrogen-bond donors (Lipinski definition) is 2. The van der Waals surface area contributed by atoms with Crippen molar-refractivity contribution in [2.75, 3.05) is 32.0 Å². The highest BCUT2D eigenvalue weighted by atomic mass is 16.6. The van der Waals surface area contributed by atoms with Gasteiger partial charge in [0.1, 0.15) is 17.2 Å². The third kappa shape index (κ3) is 3.86. The maximum absolute atomic E-state index is 13.6. The molecule has 2 atom stereocenters. The van der Waals surface area contributed by atoms with Crippen molar-refractivity contribution in [3.05, 3.63) is 64.9 Å². The van der Waals surface area contributed by atoms with E-state index in [0.717, 1.165) is 22.6 Å². The van der Waals surface area contributed by atoms with Gasteiger partial charge in [0.15, 0.2) is 5.78 Å². The van der Waals surface area contributed by atoms with Crippen LogP contribution in [0.15, 0.2) is 58.4 Å². The number of ketones is 1. The molecule has 3 aromatic rings. The van der Waals surface area contributed by atoms with Crippen molar-refractivity contribution in [3.8, 4) is 17.2 Å². The first kappa shape index (κ1) is 20.9. The first-order chi connectivity index (χ1) is 16.1. The van der Waals surface area contributed by atoms with Crippen LogP contribution < -0.4 is 24.8 Å². The lowest BCUT2D eigenvalue weighted by Crippen LogP contribution is -2.27. The van der Waals surface area contributed by atoms with Crippen LogP contribution in [0, 0.1) is 0 Å². The summed E-state index contributed by atoms with van der Waals surface area (Å²) in [7, 11) is 4.82. The minimum absolute atomic E-state index is 0.0246. The van der Waals surface area contributed by atoms with Crippen LogP contribution in [-0.2, 0) is 4.79 Å². The van der Waals surface area contributed by atoms with E-state index >= 15 is 0 Å². The molecule has 2 aliphatic rings. The maximum atomic E-state index is 13.6. The Morgan fingerprint density at radius 3 is 2.18 bits per heavy atom. The highest BCUT2D eigenvalue weighted by Gasteiger charge is 2.37. The molecule has 0 saturated heterocycles. The molecule has 0 radical (unpaired) electrons. The number of aromatic nitrogens is 2. The number of methoxy groups -OCH3 is 3. The molecule has 1 aliphatic heterocycles. The van der Waals surface area contributed by atoms with Gasteiger partial charge in [-0.3, -0.25) is 4.79 Å². The molecule has 2 N–H and O–H groups in total. The Balaban J connectivity index is 1.58. The van der Waals surface area contributed by atoms with Crippen LogP contribution in [0.25, 0.3) is 0 Å². The largest absolute Gasteiger partial charge is 0.497 e. The number of hydrogen-bond acceptors (Lipinski definition) is 9. The number of nitrogens with zero attached hydrogens (tertiary/aromatic N) is 2. The Kier molecular flexibility index (Phi) is 5.37. The van der Waals surface area contributed by atoms with Crippen molar-refractivity contribution in [2.24, 2.45) is 0 Å². The van der Waals surface area contributed by atoms with Crippen LogP contribution in [0.1, 0.15) is 35.9 Å². The highest BCUT2D eigenvalue weighted by Crippen LogP contribution is 2.44. The summed E-state index contributed by atoms with van der Waals surface area (Å²) in [5, 5.41) is 14.6. The van der Waals surface area contributed by atoms with E-state index in [2.05, 4.69) is 20.9 Å². The number of carbonyl (C=O) groups is 1. The van der Waals surface area contributed by atoms with E-state index < -0.39 is 6.04 Å². The van der Waals surface area contributed by atoms with E-state index in [9.17, 15) is 4.79 Å². The van der Waals surface area contributed by atoms with E-state index in [1.165, 1.54) is 0 Å². The van der Waals surface area contributed by atoms with Crippen LogP contribution in [0.2, 0.25) is 0 Å². The summed E-state index contributed by atoms with van der Waals surface area (Å²) in [6.07, 6.45) is 1.03. The molecule has 0 fully saturated rings. The summed E-state index contributed by atoms with van der Waals surface area (Å²) in [6.45, 7) is 0. The predicted octanol–water partition coefficient (Wildman–Crippen LogP) is 4.07. The van der Waals surface area contributed by atoms with Crippen molar-refractivity contribution in [1.29, 1.82) is 0 Å². The fraction of sp³-hybridized carbons (Fsp3) is 0.292. The lowest BCUT2D eigenvalue weighted by atomic mass is 9.78. The zero-order valence-corrected chi connectivity index (χ0v) is 18.5. The van der Waals surface area contributed by atoms with E-state index in [1.807, 2.05) is 36.4 Å². The molecule has 33 heavy (non-hydrogen) atoms. The molecule has 0 saturated carbocycles. The molecule has 0 spiro atoms. The third-order valence-electron chi connectivity index (χ3n) is 6.13. The normalized spacial score (nSPS) is 19.5. The van der Waals surface area contributed by atoms with Gasteiger partial charge in [-0.05, 0) is 58.0 Å². The van der Waals surface area contributed by atoms with Crippen LogP contribution in [-0.4, -0.2) is 37.4 Å². The molecule has 2 unspecified atom stereocenters. The van der Waals surface area contributed by atoms with Gasteiger partial charge in [-0.2, -0.15) is 0 Å². The van der Waals surface area contributed by atoms with Crippen LogP contribution in [0.5, 0.6) is 17.2 Å². The van der Waals surface area contributed by atoms with Crippen LogP contribution in [0.3, 0.4) is 0 Å². The zero-order chi connectivity index (χ0) is 22.9. The fourth-order valence-corrected chi connectivity index (χ4v) is 4.46. The molecule has 5 rings (SSSR count). The van der Waals surface area contributed by atoms with E-state index in [1.54, 1.807) is 27.4 Å². The molecule has 9 heteroatoms. The van der Waals surface area contributed by atoms with Gasteiger partial charge in [0.05, 0.1) is 27.4 Å². The molecule has 0 bridgehead atoms. The molecule has 170 valence electrons. The molecule has 0 amide bonds. The first-order valence-electron chi connectivity index (χ1n) is 10.6. The Bertz CT molecular complexity index is 1200. The average Bonchev–Trinajstić information content (AvgIpc) is 3.22. The van der Waals surface area contributed by atoms with Gasteiger partial charge in [0.2, 0.25) is 11.6 Å².